The number of rotatable bonds is 5. The summed E-state index contributed by atoms with van der Waals surface area (Å²) in [5, 5.41) is 20.9. The SMILES string of the molecule is CCC(CC#N)NC(C)c1cccc(C#N)c1. The lowest BCUT2D eigenvalue weighted by Crippen LogP contribution is -2.30. The lowest BCUT2D eigenvalue weighted by Gasteiger charge is -2.20. The molecule has 3 nitrogen and oxygen atoms in total. The zero-order chi connectivity index (χ0) is 12.7. The molecule has 0 fully saturated rings. The largest absolute Gasteiger partial charge is 0.306 e. The third-order valence-electron chi connectivity index (χ3n) is 2.83. The Hall–Kier alpha value is -1.84. The number of nitrogens with zero attached hydrogens (tertiary/aromatic N) is 2. The molecular formula is C14H17N3. The molecule has 0 aliphatic heterocycles. The quantitative estimate of drug-likeness (QED) is 0.841. The van der Waals surface area contributed by atoms with Gasteiger partial charge in [-0.15, -0.1) is 0 Å². The maximum absolute atomic E-state index is 8.84. The van der Waals surface area contributed by atoms with Crippen molar-refractivity contribution in [2.45, 2.75) is 38.8 Å². The zero-order valence-corrected chi connectivity index (χ0v) is 10.3. The van der Waals surface area contributed by atoms with E-state index in [9.17, 15) is 0 Å². The van der Waals surface area contributed by atoms with Crippen LogP contribution in [0.5, 0.6) is 0 Å². The Bertz CT molecular complexity index is 440. The van der Waals surface area contributed by atoms with Crippen molar-refractivity contribution >= 4 is 0 Å². The summed E-state index contributed by atoms with van der Waals surface area (Å²) in [6, 6.07) is 12.2. The number of nitriles is 2. The molecule has 0 bridgehead atoms. The third kappa shape index (κ3) is 3.90. The number of benzene rings is 1. The van der Waals surface area contributed by atoms with Crippen LogP contribution in [0.1, 0.15) is 43.9 Å². The van der Waals surface area contributed by atoms with E-state index >= 15 is 0 Å². The molecule has 88 valence electrons. The van der Waals surface area contributed by atoms with Crippen molar-refractivity contribution in [1.29, 1.82) is 10.5 Å². The number of nitrogens with one attached hydrogen (secondary N) is 1. The Morgan fingerprint density at radius 3 is 2.71 bits per heavy atom. The van der Waals surface area contributed by atoms with Gasteiger partial charge < -0.3 is 5.32 Å². The van der Waals surface area contributed by atoms with Crippen LogP contribution in [0.25, 0.3) is 0 Å². The molecule has 0 aliphatic carbocycles. The first-order valence-corrected chi connectivity index (χ1v) is 5.84. The van der Waals surface area contributed by atoms with Gasteiger partial charge in [0, 0.05) is 12.1 Å². The first kappa shape index (κ1) is 13.2. The van der Waals surface area contributed by atoms with Crippen LogP contribution in [0.2, 0.25) is 0 Å². The van der Waals surface area contributed by atoms with Crippen LogP contribution in [-0.4, -0.2) is 6.04 Å². The highest BCUT2D eigenvalue weighted by Gasteiger charge is 2.11. The molecule has 0 saturated carbocycles. The summed E-state index contributed by atoms with van der Waals surface area (Å²) in [5.41, 5.74) is 1.75. The lowest BCUT2D eigenvalue weighted by atomic mass is 10.0. The predicted molar refractivity (Wildman–Crippen MR) is 67.0 cm³/mol. The topological polar surface area (TPSA) is 59.6 Å². The van der Waals surface area contributed by atoms with Crippen molar-refractivity contribution in [3.63, 3.8) is 0 Å². The summed E-state index contributed by atoms with van der Waals surface area (Å²) in [5.74, 6) is 0. The second kappa shape index (κ2) is 6.68. The fourth-order valence-electron chi connectivity index (χ4n) is 1.76. The molecule has 0 heterocycles. The van der Waals surface area contributed by atoms with E-state index in [0.29, 0.717) is 12.0 Å². The van der Waals surface area contributed by atoms with Gasteiger partial charge in [-0.1, -0.05) is 19.1 Å². The van der Waals surface area contributed by atoms with Crippen molar-refractivity contribution < 1.29 is 0 Å². The van der Waals surface area contributed by atoms with E-state index in [0.717, 1.165) is 12.0 Å². The van der Waals surface area contributed by atoms with Crippen LogP contribution in [0, 0.1) is 22.7 Å². The van der Waals surface area contributed by atoms with E-state index < -0.39 is 0 Å². The standard InChI is InChI=1S/C14H17N3/c1-3-14(7-8-15)17-11(2)13-6-4-5-12(9-13)10-16/h4-6,9,11,14,17H,3,7H2,1-2H3. The smallest absolute Gasteiger partial charge is 0.0991 e. The lowest BCUT2D eigenvalue weighted by molar-refractivity contribution is 0.448. The first-order chi connectivity index (χ1) is 8.21. The zero-order valence-electron chi connectivity index (χ0n) is 10.3. The molecule has 0 radical (unpaired) electrons. The molecule has 3 heteroatoms. The van der Waals surface area contributed by atoms with Crippen LogP contribution < -0.4 is 5.32 Å². The molecular weight excluding hydrogens is 210 g/mol. The maximum atomic E-state index is 8.84. The molecule has 1 N–H and O–H groups in total. The molecule has 0 amide bonds. The van der Waals surface area contributed by atoms with Crippen LogP contribution in [0.4, 0.5) is 0 Å². The highest BCUT2D eigenvalue weighted by molar-refractivity contribution is 5.34. The normalized spacial score (nSPS) is 13.4. The molecule has 0 aliphatic rings. The average Bonchev–Trinajstić information content (AvgIpc) is 2.38. The maximum Gasteiger partial charge on any atom is 0.0991 e. The van der Waals surface area contributed by atoms with Gasteiger partial charge in [0.1, 0.15) is 0 Å². The van der Waals surface area contributed by atoms with Gasteiger partial charge in [-0.25, -0.2) is 0 Å². The summed E-state index contributed by atoms with van der Waals surface area (Å²) in [6.45, 7) is 4.12. The first-order valence-electron chi connectivity index (χ1n) is 5.84. The van der Waals surface area contributed by atoms with Crippen LogP contribution >= 0.6 is 0 Å². The van der Waals surface area contributed by atoms with Gasteiger partial charge in [0.05, 0.1) is 24.1 Å². The van der Waals surface area contributed by atoms with E-state index in [4.69, 9.17) is 10.5 Å². The second-order valence-corrected chi connectivity index (χ2v) is 4.09. The molecule has 17 heavy (non-hydrogen) atoms. The van der Waals surface area contributed by atoms with E-state index in [2.05, 4.69) is 31.3 Å². The van der Waals surface area contributed by atoms with Crippen LogP contribution in [0.15, 0.2) is 24.3 Å². The summed E-state index contributed by atoms with van der Waals surface area (Å²) >= 11 is 0. The molecule has 2 atom stereocenters. The molecule has 0 saturated heterocycles. The molecule has 1 aromatic rings. The fourth-order valence-corrected chi connectivity index (χ4v) is 1.76. The summed E-state index contributed by atoms with van der Waals surface area (Å²) in [4.78, 5) is 0. The summed E-state index contributed by atoms with van der Waals surface area (Å²) in [7, 11) is 0. The van der Waals surface area contributed by atoms with Gasteiger partial charge in [0.15, 0.2) is 0 Å². The van der Waals surface area contributed by atoms with Crippen molar-refractivity contribution in [3.8, 4) is 12.1 Å². The monoisotopic (exact) mass is 227 g/mol. The van der Waals surface area contributed by atoms with Gasteiger partial charge in [0.25, 0.3) is 0 Å². The van der Waals surface area contributed by atoms with Crippen molar-refractivity contribution in [2.24, 2.45) is 0 Å². The fraction of sp³-hybridized carbons (Fsp3) is 0.429. The molecule has 0 aromatic heterocycles. The van der Waals surface area contributed by atoms with Gasteiger partial charge in [0.2, 0.25) is 0 Å². The summed E-state index contributed by atoms with van der Waals surface area (Å²) in [6.07, 6.45) is 1.44. The van der Waals surface area contributed by atoms with Crippen LogP contribution in [-0.2, 0) is 0 Å². The van der Waals surface area contributed by atoms with Crippen LogP contribution in [0.3, 0.4) is 0 Å². The molecule has 1 rings (SSSR count). The van der Waals surface area contributed by atoms with Crippen molar-refractivity contribution in [2.75, 3.05) is 0 Å². The van der Waals surface area contributed by atoms with Gasteiger partial charge in [-0.3, -0.25) is 0 Å². The number of hydrogen-bond donors (Lipinski definition) is 1. The van der Waals surface area contributed by atoms with E-state index in [-0.39, 0.29) is 12.1 Å². The molecule has 2 unspecified atom stereocenters. The second-order valence-electron chi connectivity index (χ2n) is 4.09. The Kier molecular flexibility index (Phi) is 5.20. The van der Waals surface area contributed by atoms with Gasteiger partial charge in [-0.05, 0) is 31.0 Å². The van der Waals surface area contributed by atoms with Gasteiger partial charge in [-0.2, -0.15) is 10.5 Å². The molecule has 0 spiro atoms. The molecule has 1 aromatic carbocycles. The van der Waals surface area contributed by atoms with Crippen molar-refractivity contribution in [1.82, 2.24) is 5.32 Å². The Morgan fingerprint density at radius 1 is 1.35 bits per heavy atom. The minimum absolute atomic E-state index is 0.154. The van der Waals surface area contributed by atoms with E-state index in [1.54, 1.807) is 6.07 Å². The third-order valence-corrected chi connectivity index (χ3v) is 2.83. The summed E-state index contributed by atoms with van der Waals surface area (Å²) < 4.78 is 0. The number of hydrogen-bond acceptors (Lipinski definition) is 3. The highest BCUT2D eigenvalue weighted by atomic mass is 14.9. The van der Waals surface area contributed by atoms with Crippen molar-refractivity contribution in [3.05, 3.63) is 35.4 Å². The highest BCUT2D eigenvalue weighted by Crippen LogP contribution is 2.15. The van der Waals surface area contributed by atoms with Gasteiger partial charge >= 0.3 is 0 Å². The van der Waals surface area contributed by atoms with E-state index in [1.807, 2.05) is 18.2 Å². The van der Waals surface area contributed by atoms with E-state index in [1.165, 1.54) is 0 Å². The minimum Gasteiger partial charge on any atom is -0.306 e. The Labute approximate surface area is 103 Å². The predicted octanol–water partition coefficient (Wildman–Crippen LogP) is 2.90. The Balaban J connectivity index is 2.72. The Morgan fingerprint density at radius 2 is 2.12 bits per heavy atom. The average molecular weight is 227 g/mol. The minimum atomic E-state index is 0.154.